The zero-order chi connectivity index (χ0) is 16.5. The second-order valence-electron chi connectivity index (χ2n) is 5.06. The first-order chi connectivity index (χ1) is 11.2. The van der Waals surface area contributed by atoms with Gasteiger partial charge in [-0.25, -0.2) is 0 Å². The highest BCUT2D eigenvalue weighted by atomic mass is 16.3. The third-order valence-electron chi connectivity index (χ3n) is 3.21. The molecule has 0 aliphatic heterocycles. The summed E-state index contributed by atoms with van der Waals surface area (Å²) in [6, 6.07) is 11.6. The molecular formula is C17H22N4O2. The van der Waals surface area contributed by atoms with Crippen LogP contribution in [-0.4, -0.2) is 25.5 Å². The molecule has 0 atom stereocenters. The van der Waals surface area contributed by atoms with Gasteiger partial charge in [0.1, 0.15) is 5.76 Å². The van der Waals surface area contributed by atoms with Crippen LogP contribution >= 0.6 is 0 Å². The maximum atomic E-state index is 11.0. The standard InChI is InChI=1S/C17H22N4O2/c1-13(22)21-15-7-5-14(6-8-15)9-10-19-17(18-2)20-12-16-4-3-11-23-16/h3-8,11H,9-10,12H2,1-2H3,(H,21,22)(H2,18,19,20). The number of hydrogen-bond donors (Lipinski definition) is 3. The molecule has 1 heterocycles. The van der Waals surface area contributed by atoms with Gasteiger partial charge in [0, 0.05) is 26.2 Å². The molecule has 0 bridgehead atoms. The fourth-order valence-corrected chi connectivity index (χ4v) is 2.09. The number of anilines is 1. The zero-order valence-corrected chi connectivity index (χ0v) is 13.4. The van der Waals surface area contributed by atoms with Crippen LogP contribution in [0.1, 0.15) is 18.2 Å². The average molecular weight is 314 g/mol. The second kappa shape index (κ2) is 8.63. The first-order valence-electron chi connectivity index (χ1n) is 7.51. The summed E-state index contributed by atoms with van der Waals surface area (Å²) in [6.07, 6.45) is 2.51. The van der Waals surface area contributed by atoms with Gasteiger partial charge in [-0.15, -0.1) is 0 Å². The number of guanidine groups is 1. The number of carbonyl (C=O) groups excluding carboxylic acids is 1. The molecule has 0 unspecified atom stereocenters. The van der Waals surface area contributed by atoms with E-state index in [0.29, 0.717) is 6.54 Å². The van der Waals surface area contributed by atoms with E-state index in [1.54, 1.807) is 13.3 Å². The summed E-state index contributed by atoms with van der Waals surface area (Å²) in [5, 5.41) is 9.19. The average Bonchev–Trinajstić information content (AvgIpc) is 3.05. The molecule has 23 heavy (non-hydrogen) atoms. The predicted octanol–water partition coefficient (Wildman–Crippen LogP) is 2.15. The van der Waals surface area contributed by atoms with E-state index in [1.165, 1.54) is 12.5 Å². The number of nitrogens with zero attached hydrogens (tertiary/aromatic N) is 1. The van der Waals surface area contributed by atoms with Crippen LogP contribution in [-0.2, 0) is 17.8 Å². The number of hydrogen-bond acceptors (Lipinski definition) is 3. The summed E-state index contributed by atoms with van der Waals surface area (Å²) in [5.41, 5.74) is 2.00. The third kappa shape index (κ3) is 5.86. The fraction of sp³-hybridized carbons (Fsp3) is 0.294. The van der Waals surface area contributed by atoms with Gasteiger partial charge in [-0.05, 0) is 36.2 Å². The van der Waals surface area contributed by atoms with E-state index in [0.717, 1.165) is 30.4 Å². The second-order valence-corrected chi connectivity index (χ2v) is 5.06. The van der Waals surface area contributed by atoms with Gasteiger partial charge in [0.15, 0.2) is 5.96 Å². The zero-order valence-electron chi connectivity index (χ0n) is 13.4. The van der Waals surface area contributed by atoms with Gasteiger partial charge in [-0.3, -0.25) is 9.79 Å². The molecule has 0 saturated carbocycles. The highest BCUT2D eigenvalue weighted by Gasteiger charge is 2.01. The first kappa shape index (κ1) is 16.6. The summed E-state index contributed by atoms with van der Waals surface area (Å²) >= 11 is 0. The van der Waals surface area contributed by atoms with Crippen molar-refractivity contribution >= 4 is 17.6 Å². The molecule has 0 aliphatic carbocycles. The Hall–Kier alpha value is -2.76. The quantitative estimate of drug-likeness (QED) is 0.564. The maximum absolute atomic E-state index is 11.0. The highest BCUT2D eigenvalue weighted by molar-refractivity contribution is 5.88. The number of carbonyl (C=O) groups is 1. The number of amides is 1. The van der Waals surface area contributed by atoms with Crippen LogP contribution in [0.5, 0.6) is 0 Å². The molecule has 6 heteroatoms. The van der Waals surface area contributed by atoms with Crippen LogP contribution in [0.2, 0.25) is 0 Å². The molecule has 1 amide bonds. The Kier molecular flexibility index (Phi) is 6.23. The minimum absolute atomic E-state index is 0.0640. The van der Waals surface area contributed by atoms with Crippen molar-refractivity contribution in [3.05, 3.63) is 54.0 Å². The van der Waals surface area contributed by atoms with Crippen LogP contribution in [0.25, 0.3) is 0 Å². The largest absolute Gasteiger partial charge is 0.467 e. The number of benzene rings is 1. The molecule has 3 N–H and O–H groups in total. The van der Waals surface area contributed by atoms with Gasteiger partial charge in [0.25, 0.3) is 0 Å². The Balaban J connectivity index is 1.73. The first-order valence-corrected chi connectivity index (χ1v) is 7.51. The summed E-state index contributed by atoms with van der Waals surface area (Å²) in [6.45, 7) is 2.86. The van der Waals surface area contributed by atoms with E-state index in [9.17, 15) is 4.79 Å². The molecule has 2 aromatic rings. The van der Waals surface area contributed by atoms with Crippen LogP contribution in [0.3, 0.4) is 0 Å². The Bertz CT molecular complexity index is 633. The van der Waals surface area contributed by atoms with Crippen molar-refractivity contribution < 1.29 is 9.21 Å². The molecule has 0 spiro atoms. The summed E-state index contributed by atoms with van der Waals surface area (Å²) < 4.78 is 5.27. The Labute approximate surface area is 136 Å². The third-order valence-corrected chi connectivity index (χ3v) is 3.21. The number of aliphatic imine (C=N–C) groups is 1. The topological polar surface area (TPSA) is 78.7 Å². The minimum Gasteiger partial charge on any atom is -0.467 e. The van der Waals surface area contributed by atoms with Crippen molar-refractivity contribution in [1.29, 1.82) is 0 Å². The van der Waals surface area contributed by atoms with E-state index in [4.69, 9.17) is 4.42 Å². The van der Waals surface area contributed by atoms with Crippen LogP contribution in [0.15, 0.2) is 52.1 Å². The van der Waals surface area contributed by atoms with Gasteiger partial charge >= 0.3 is 0 Å². The van der Waals surface area contributed by atoms with Gasteiger partial charge in [-0.1, -0.05) is 12.1 Å². The summed E-state index contributed by atoms with van der Waals surface area (Å²) in [5.74, 6) is 1.53. The molecular weight excluding hydrogens is 292 g/mol. The van der Waals surface area contributed by atoms with E-state index in [1.807, 2.05) is 36.4 Å². The number of rotatable bonds is 6. The maximum Gasteiger partial charge on any atom is 0.221 e. The van der Waals surface area contributed by atoms with E-state index < -0.39 is 0 Å². The summed E-state index contributed by atoms with van der Waals surface area (Å²) in [4.78, 5) is 15.1. The molecule has 1 aromatic carbocycles. The SMILES string of the molecule is CN=C(NCCc1ccc(NC(C)=O)cc1)NCc1ccco1. The smallest absolute Gasteiger partial charge is 0.221 e. The fourth-order valence-electron chi connectivity index (χ4n) is 2.09. The van der Waals surface area contributed by atoms with E-state index in [-0.39, 0.29) is 5.91 Å². The number of furan rings is 1. The highest BCUT2D eigenvalue weighted by Crippen LogP contribution is 2.09. The molecule has 1 aromatic heterocycles. The van der Waals surface area contributed by atoms with Gasteiger partial charge in [-0.2, -0.15) is 0 Å². The van der Waals surface area contributed by atoms with Gasteiger partial charge in [0.2, 0.25) is 5.91 Å². The lowest BCUT2D eigenvalue weighted by Crippen LogP contribution is -2.37. The van der Waals surface area contributed by atoms with Crippen molar-refractivity contribution in [3.63, 3.8) is 0 Å². The lowest BCUT2D eigenvalue weighted by Gasteiger charge is -2.11. The van der Waals surface area contributed by atoms with Crippen LogP contribution in [0, 0.1) is 0 Å². The van der Waals surface area contributed by atoms with Crippen molar-refractivity contribution in [2.24, 2.45) is 4.99 Å². The molecule has 0 fully saturated rings. The molecule has 2 rings (SSSR count). The minimum atomic E-state index is -0.0640. The van der Waals surface area contributed by atoms with Crippen LogP contribution < -0.4 is 16.0 Å². The normalized spacial score (nSPS) is 11.1. The lowest BCUT2D eigenvalue weighted by atomic mass is 10.1. The predicted molar refractivity (Wildman–Crippen MR) is 91.4 cm³/mol. The van der Waals surface area contributed by atoms with Crippen molar-refractivity contribution in [2.45, 2.75) is 19.9 Å². The summed E-state index contributed by atoms with van der Waals surface area (Å²) in [7, 11) is 1.74. The van der Waals surface area contributed by atoms with Crippen molar-refractivity contribution in [1.82, 2.24) is 10.6 Å². The van der Waals surface area contributed by atoms with Gasteiger partial charge < -0.3 is 20.4 Å². The van der Waals surface area contributed by atoms with Crippen molar-refractivity contribution in [2.75, 3.05) is 18.9 Å². The molecule has 0 saturated heterocycles. The molecule has 0 radical (unpaired) electrons. The molecule has 122 valence electrons. The van der Waals surface area contributed by atoms with Crippen molar-refractivity contribution in [3.8, 4) is 0 Å². The van der Waals surface area contributed by atoms with Gasteiger partial charge in [0.05, 0.1) is 12.8 Å². The van der Waals surface area contributed by atoms with E-state index >= 15 is 0 Å². The molecule has 0 aliphatic rings. The van der Waals surface area contributed by atoms with Crippen LogP contribution in [0.4, 0.5) is 5.69 Å². The Morgan fingerprint density at radius 2 is 1.96 bits per heavy atom. The monoisotopic (exact) mass is 314 g/mol. The Morgan fingerprint density at radius 3 is 2.57 bits per heavy atom. The van der Waals surface area contributed by atoms with E-state index in [2.05, 4.69) is 20.9 Å². The lowest BCUT2D eigenvalue weighted by molar-refractivity contribution is -0.114. The number of nitrogens with one attached hydrogen (secondary N) is 3. The molecule has 6 nitrogen and oxygen atoms in total. The Morgan fingerprint density at radius 1 is 1.17 bits per heavy atom.